The minimum Gasteiger partial charge on any atom is -0.454 e. The van der Waals surface area contributed by atoms with Crippen LogP contribution in [0.4, 0.5) is 0 Å². The van der Waals surface area contributed by atoms with Crippen molar-refractivity contribution in [2.24, 2.45) is 0 Å². The number of rotatable bonds is 3. The Morgan fingerprint density at radius 1 is 0.528 bits per heavy atom. The molecule has 0 fully saturated rings. The van der Waals surface area contributed by atoms with E-state index < -0.39 is 10.0 Å². The van der Waals surface area contributed by atoms with Crippen LogP contribution in [0.3, 0.4) is 0 Å². The van der Waals surface area contributed by atoms with Crippen LogP contribution in [0.2, 0.25) is 0 Å². The third kappa shape index (κ3) is 3.13. The van der Waals surface area contributed by atoms with Crippen LogP contribution in [0, 0.1) is 0 Å². The van der Waals surface area contributed by atoms with Crippen LogP contribution >= 0.6 is 10.0 Å². The molecule has 7 aromatic rings. The van der Waals surface area contributed by atoms with Crippen LogP contribution < -0.4 is 0 Å². The molecule has 0 aliphatic heterocycles. The maximum absolute atomic E-state index is 6.63. The van der Waals surface area contributed by atoms with E-state index in [1.807, 2.05) is 0 Å². The smallest absolute Gasteiger partial charge is 0.147 e. The topological polar surface area (TPSA) is 18.1 Å². The van der Waals surface area contributed by atoms with Crippen LogP contribution in [0.25, 0.3) is 60.6 Å². The molecule has 5 aromatic carbocycles. The van der Waals surface area contributed by atoms with Gasteiger partial charge in [-0.05, 0) is 54.7 Å². The van der Waals surface area contributed by atoms with E-state index in [-0.39, 0.29) is 0 Å². The summed E-state index contributed by atoms with van der Waals surface area (Å²) in [5, 5.41) is 4.94. The first kappa shape index (κ1) is 21.3. The maximum Gasteiger partial charge on any atom is 0.147 e. The van der Waals surface area contributed by atoms with Crippen LogP contribution in [-0.4, -0.2) is 23.3 Å². The predicted molar refractivity (Wildman–Crippen MR) is 157 cm³/mol. The molecule has 2 aromatic heterocycles. The molecule has 0 amide bonds. The van der Waals surface area contributed by atoms with E-state index in [0.29, 0.717) is 0 Å². The molecule has 7 rings (SSSR count). The first-order valence-electron chi connectivity index (χ1n) is 12.2. The van der Waals surface area contributed by atoms with Gasteiger partial charge in [0.25, 0.3) is 0 Å². The van der Waals surface area contributed by atoms with Crippen molar-refractivity contribution in [1.29, 1.82) is 0 Å². The van der Waals surface area contributed by atoms with Crippen LogP contribution in [-0.2, 0) is 0 Å². The Kier molecular flexibility index (Phi) is 4.61. The van der Waals surface area contributed by atoms with E-state index in [2.05, 4.69) is 133 Å². The quantitative estimate of drug-likeness (QED) is 0.244. The highest BCUT2D eigenvalue weighted by Gasteiger charge is 2.19. The molecule has 0 N–H and O–H groups in total. The van der Waals surface area contributed by atoms with E-state index in [0.717, 1.165) is 28.0 Å². The molecule has 0 saturated heterocycles. The lowest BCUT2D eigenvalue weighted by Crippen LogP contribution is -1.93. The van der Waals surface area contributed by atoms with Gasteiger partial charge in [0.2, 0.25) is 0 Å². The number of hydrogen-bond acceptors (Lipinski definition) is 1. The fraction of sp³-hybridized carbons (Fsp3) is 0.0909. The van der Waals surface area contributed by atoms with Crippen LogP contribution in [0.15, 0.2) is 119 Å². The molecule has 0 spiro atoms. The van der Waals surface area contributed by atoms with E-state index in [9.17, 15) is 0 Å². The summed E-state index contributed by atoms with van der Waals surface area (Å²) in [6, 6.07) is 39.2. The second-order valence-corrected chi connectivity index (χ2v) is 14.3. The zero-order valence-corrected chi connectivity index (χ0v) is 21.5. The zero-order valence-electron chi connectivity index (χ0n) is 20.7. The summed E-state index contributed by atoms with van der Waals surface area (Å²) in [6.07, 6.45) is 6.97. The van der Waals surface area contributed by atoms with Crippen molar-refractivity contribution >= 4 is 53.8 Å². The maximum atomic E-state index is 6.63. The van der Waals surface area contributed by atoms with Gasteiger partial charge in [0, 0.05) is 37.7 Å². The summed E-state index contributed by atoms with van der Waals surface area (Å²) < 4.78 is 8.98. The molecule has 3 heteroatoms. The Morgan fingerprint density at radius 3 is 1.72 bits per heavy atom. The van der Waals surface area contributed by atoms with Gasteiger partial charge in [-0.1, -0.05) is 78.9 Å². The molecule has 0 aliphatic rings. The number of furan rings is 1. The molecule has 0 saturated carbocycles. The molecule has 0 radical (unpaired) electrons. The summed E-state index contributed by atoms with van der Waals surface area (Å²) in [5.74, 6) is 0. The average molecular weight is 486 g/mol. The molecule has 176 valence electrons. The number of benzene rings is 5. The third-order valence-electron chi connectivity index (χ3n) is 7.16. The number of aromatic nitrogens is 1. The minimum absolute atomic E-state index is 0.918. The Morgan fingerprint density at radius 2 is 1.08 bits per heavy atom. The van der Waals surface area contributed by atoms with Crippen molar-refractivity contribution < 1.29 is 4.42 Å². The zero-order chi connectivity index (χ0) is 24.4. The number of hydrogen-bond donors (Lipinski definition) is 0. The van der Waals surface area contributed by atoms with Crippen molar-refractivity contribution in [3.63, 3.8) is 0 Å². The van der Waals surface area contributed by atoms with Gasteiger partial charge in [0.1, 0.15) is 11.2 Å². The molecular formula is C33H27NOS. The fourth-order valence-corrected chi connectivity index (χ4v) is 6.69. The van der Waals surface area contributed by atoms with Crippen molar-refractivity contribution in [3.8, 4) is 16.8 Å². The Labute approximate surface area is 212 Å². The summed E-state index contributed by atoms with van der Waals surface area (Å²) >= 11 is 0. The first-order chi connectivity index (χ1) is 17.5. The lowest BCUT2D eigenvalue weighted by Gasteiger charge is -2.25. The van der Waals surface area contributed by atoms with Crippen LogP contribution in [0.1, 0.15) is 0 Å². The van der Waals surface area contributed by atoms with E-state index in [1.54, 1.807) is 0 Å². The van der Waals surface area contributed by atoms with Gasteiger partial charge in [0.05, 0.1) is 11.0 Å². The number of fused-ring (bicyclic) bond motifs is 6. The van der Waals surface area contributed by atoms with Gasteiger partial charge < -0.3 is 8.98 Å². The number of para-hydroxylation sites is 4. The molecule has 0 aliphatic carbocycles. The van der Waals surface area contributed by atoms with E-state index in [4.69, 9.17) is 4.42 Å². The van der Waals surface area contributed by atoms with Crippen molar-refractivity contribution in [3.05, 3.63) is 109 Å². The lowest BCUT2D eigenvalue weighted by atomic mass is 10.0. The first-order valence-corrected chi connectivity index (χ1v) is 15.1. The molecular weight excluding hydrogens is 458 g/mol. The SMILES string of the molecule is CS(C)(C)c1cccc2c1oc1c(-c3ccc(-n4c5ccccc5c5ccccc54)cc3)cccc12. The molecule has 0 unspecified atom stereocenters. The third-order valence-corrected chi connectivity index (χ3v) is 8.81. The Hall–Kier alpha value is -3.95. The van der Waals surface area contributed by atoms with Gasteiger partial charge in [0.15, 0.2) is 0 Å². The predicted octanol–water partition coefficient (Wildman–Crippen LogP) is 9.40. The number of nitrogens with zero attached hydrogens (tertiary/aromatic N) is 1. The van der Waals surface area contributed by atoms with Crippen molar-refractivity contribution in [1.82, 2.24) is 4.57 Å². The summed E-state index contributed by atoms with van der Waals surface area (Å²) in [7, 11) is -0.918. The van der Waals surface area contributed by atoms with E-state index in [1.165, 1.54) is 37.5 Å². The summed E-state index contributed by atoms with van der Waals surface area (Å²) in [5.41, 5.74) is 7.90. The molecule has 0 atom stereocenters. The van der Waals surface area contributed by atoms with Gasteiger partial charge in [-0.25, -0.2) is 10.0 Å². The standard InChI is InChI=1S/C33H27NOS/c1-36(2,3)31-17-9-14-28-27-13-8-12-24(32(27)35-33(28)31)22-18-20-23(21-19-22)34-29-15-6-4-10-25(29)26-11-5-7-16-30(26)34/h4-21H,1-3H3. The lowest BCUT2D eigenvalue weighted by molar-refractivity contribution is 0.661. The van der Waals surface area contributed by atoms with Gasteiger partial charge in [-0.3, -0.25) is 0 Å². The van der Waals surface area contributed by atoms with Gasteiger partial charge in [-0.2, -0.15) is 0 Å². The van der Waals surface area contributed by atoms with Gasteiger partial charge in [-0.15, -0.1) is 0 Å². The second-order valence-electron chi connectivity index (χ2n) is 10.2. The van der Waals surface area contributed by atoms with E-state index >= 15 is 0 Å². The summed E-state index contributed by atoms with van der Waals surface area (Å²) in [6.45, 7) is 0. The highest BCUT2D eigenvalue weighted by atomic mass is 32.3. The Bertz CT molecular complexity index is 1860. The minimum atomic E-state index is -0.918. The molecule has 0 bridgehead atoms. The molecule has 2 heterocycles. The largest absolute Gasteiger partial charge is 0.454 e. The monoisotopic (exact) mass is 485 g/mol. The van der Waals surface area contributed by atoms with Crippen LogP contribution in [0.5, 0.6) is 0 Å². The average Bonchev–Trinajstić information content (AvgIpc) is 3.44. The van der Waals surface area contributed by atoms with Crippen molar-refractivity contribution in [2.75, 3.05) is 18.8 Å². The second kappa shape index (κ2) is 7.78. The molecule has 36 heavy (non-hydrogen) atoms. The summed E-state index contributed by atoms with van der Waals surface area (Å²) in [4.78, 5) is 1.32. The Balaban J connectivity index is 1.41. The van der Waals surface area contributed by atoms with Crippen molar-refractivity contribution in [2.45, 2.75) is 4.90 Å². The highest BCUT2D eigenvalue weighted by Crippen LogP contribution is 2.50. The highest BCUT2D eigenvalue weighted by molar-refractivity contribution is 8.32. The fourth-order valence-electron chi connectivity index (χ4n) is 5.49. The molecule has 2 nitrogen and oxygen atoms in total. The van der Waals surface area contributed by atoms with Gasteiger partial charge >= 0.3 is 0 Å². The normalized spacial score (nSPS) is 12.8.